The third-order valence-corrected chi connectivity index (χ3v) is 4.57. The van der Waals surface area contributed by atoms with Crippen LogP contribution in [0.1, 0.15) is 59.3 Å². The fraction of sp³-hybridized carbons (Fsp3) is 1.00. The van der Waals surface area contributed by atoms with Crippen LogP contribution in [0.3, 0.4) is 0 Å². The number of rotatable bonds is 4. The molecule has 2 fully saturated rings. The SMILES string of the molecule is CCCC1(CN2CCCC(C)(C)C2)CCCN1. The molecule has 1 N–H and O–H groups in total. The van der Waals surface area contributed by atoms with Gasteiger partial charge in [-0.3, -0.25) is 0 Å². The maximum Gasteiger partial charge on any atom is 0.0309 e. The fourth-order valence-electron chi connectivity index (χ4n) is 3.88. The van der Waals surface area contributed by atoms with Gasteiger partial charge in [-0.25, -0.2) is 0 Å². The van der Waals surface area contributed by atoms with Gasteiger partial charge in [-0.15, -0.1) is 0 Å². The van der Waals surface area contributed by atoms with Gasteiger partial charge >= 0.3 is 0 Å². The lowest BCUT2D eigenvalue weighted by Crippen LogP contribution is -2.53. The van der Waals surface area contributed by atoms with E-state index in [9.17, 15) is 0 Å². The molecule has 2 rings (SSSR count). The molecular formula is C15H30N2. The van der Waals surface area contributed by atoms with Crippen LogP contribution in [0, 0.1) is 5.41 Å². The van der Waals surface area contributed by atoms with Crippen LogP contribution in [0.25, 0.3) is 0 Å². The van der Waals surface area contributed by atoms with E-state index >= 15 is 0 Å². The van der Waals surface area contributed by atoms with Crippen molar-refractivity contribution < 1.29 is 0 Å². The van der Waals surface area contributed by atoms with E-state index < -0.39 is 0 Å². The molecule has 1 atom stereocenters. The number of likely N-dealkylation sites (tertiary alicyclic amines) is 1. The topological polar surface area (TPSA) is 15.3 Å². The molecule has 2 nitrogen and oxygen atoms in total. The van der Waals surface area contributed by atoms with Gasteiger partial charge in [0.15, 0.2) is 0 Å². The van der Waals surface area contributed by atoms with Crippen molar-refractivity contribution in [3.05, 3.63) is 0 Å². The normalized spacial score (nSPS) is 34.1. The average molecular weight is 238 g/mol. The molecule has 2 saturated heterocycles. The Balaban J connectivity index is 1.93. The molecule has 2 aliphatic rings. The standard InChI is InChI=1S/C15H30N2/c1-4-7-15(9-5-10-16-15)13-17-11-6-8-14(2,3)12-17/h16H,4-13H2,1-3H3. The number of hydrogen-bond donors (Lipinski definition) is 1. The molecule has 0 aromatic carbocycles. The minimum absolute atomic E-state index is 0.447. The summed E-state index contributed by atoms with van der Waals surface area (Å²) in [7, 11) is 0. The zero-order chi connectivity index (χ0) is 12.4. The Hall–Kier alpha value is -0.0800. The Kier molecular flexibility index (Phi) is 4.14. The molecule has 0 spiro atoms. The van der Waals surface area contributed by atoms with Gasteiger partial charge in [0, 0.05) is 18.6 Å². The van der Waals surface area contributed by atoms with E-state index in [0.29, 0.717) is 11.0 Å². The van der Waals surface area contributed by atoms with Gasteiger partial charge in [0.25, 0.3) is 0 Å². The van der Waals surface area contributed by atoms with E-state index in [0.717, 1.165) is 0 Å². The van der Waals surface area contributed by atoms with Gasteiger partial charge < -0.3 is 10.2 Å². The van der Waals surface area contributed by atoms with Crippen LogP contribution in [-0.4, -0.2) is 36.6 Å². The molecule has 0 aliphatic carbocycles. The summed E-state index contributed by atoms with van der Waals surface area (Å²) in [5, 5.41) is 3.80. The van der Waals surface area contributed by atoms with Crippen molar-refractivity contribution in [2.45, 2.75) is 64.8 Å². The second-order valence-corrected chi connectivity index (χ2v) is 7.04. The fourth-order valence-corrected chi connectivity index (χ4v) is 3.88. The monoisotopic (exact) mass is 238 g/mol. The third-order valence-electron chi connectivity index (χ3n) is 4.57. The van der Waals surface area contributed by atoms with Crippen LogP contribution in [0.2, 0.25) is 0 Å². The molecule has 0 aromatic heterocycles. The predicted octanol–water partition coefficient (Wildman–Crippen LogP) is 3.03. The highest BCUT2D eigenvalue weighted by Gasteiger charge is 2.36. The highest BCUT2D eigenvalue weighted by Crippen LogP contribution is 2.32. The zero-order valence-corrected chi connectivity index (χ0v) is 12.0. The summed E-state index contributed by atoms with van der Waals surface area (Å²) in [6.45, 7) is 12.3. The molecule has 17 heavy (non-hydrogen) atoms. The van der Waals surface area contributed by atoms with Crippen LogP contribution in [-0.2, 0) is 0 Å². The maximum absolute atomic E-state index is 3.80. The van der Waals surface area contributed by atoms with E-state index in [2.05, 4.69) is 31.0 Å². The summed E-state index contributed by atoms with van der Waals surface area (Å²) in [5.74, 6) is 0. The van der Waals surface area contributed by atoms with Crippen molar-refractivity contribution in [1.82, 2.24) is 10.2 Å². The first-order chi connectivity index (χ1) is 8.05. The lowest BCUT2D eigenvalue weighted by Gasteiger charge is -2.43. The average Bonchev–Trinajstić information content (AvgIpc) is 2.65. The number of nitrogens with one attached hydrogen (secondary N) is 1. The quantitative estimate of drug-likeness (QED) is 0.810. The van der Waals surface area contributed by atoms with Crippen LogP contribution >= 0.6 is 0 Å². The third kappa shape index (κ3) is 3.45. The van der Waals surface area contributed by atoms with E-state index in [1.807, 2.05) is 0 Å². The summed E-state index contributed by atoms with van der Waals surface area (Å²) in [5.41, 5.74) is 0.979. The van der Waals surface area contributed by atoms with Gasteiger partial charge in [-0.05, 0) is 50.6 Å². The first kappa shape index (κ1) is 13.4. The van der Waals surface area contributed by atoms with Gasteiger partial charge in [-0.1, -0.05) is 27.2 Å². The molecule has 100 valence electrons. The molecule has 0 radical (unpaired) electrons. The van der Waals surface area contributed by atoms with Gasteiger partial charge in [0.1, 0.15) is 0 Å². The van der Waals surface area contributed by atoms with E-state index in [1.54, 1.807) is 0 Å². The van der Waals surface area contributed by atoms with E-state index in [-0.39, 0.29) is 0 Å². The Morgan fingerprint density at radius 2 is 2.00 bits per heavy atom. The minimum Gasteiger partial charge on any atom is -0.310 e. The molecule has 0 amide bonds. The first-order valence-electron chi connectivity index (χ1n) is 7.53. The highest BCUT2D eigenvalue weighted by atomic mass is 15.2. The van der Waals surface area contributed by atoms with Crippen molar-refractivity contribution in [3.63, 3.8) is 0 Å². The predicted molar refractivity (Wildman–Crippen MR) is 74.3 cm³/mol. The Morgan fingerprint density at radius 1 is 1.18 bits per heavy atom. The molecule has 0 aromatic rings. The Bertz CT molecular complexity index is 241. The van der Waals surface area contributed by atoms with E-state index in [4.69, 9.17) is 0 Å². The number of hydrogen-bond acceptors (Lipinski definition) is 2. The smallest absolute Gasteiger partial charge is 0.0309 e. The second-order valence-electron chi connectivity index (χ2n) is 7.04. The molecule has 0 bridgehead atoms. The molecule has 0 saturated carbocycles. The summed E-state index contributed by atoms with van der Waals surface area (Å²) in [6, 6.07) is 0. The molecule has 2 aliphatic heterocycles. The van der Waals surface area contributed by atoms with Crippen molar-refractivity contribution in [2.24, 2.45) is 5.41 Å². The number of nitrogens with zero attached hydrogens (tertiary/aromatic N) is 1. The van der Waals surface area contributed by atoms with Gasteiger partial charge in [0.2, 0.25) is 0 Å². The van der Waals surface area contributed by atoms with Crippen LogP contribution in [0.4, 0.5) is 0 Å². The first-order valence-corrected chi connectivity index (χ1v) is 7.53. The summed E-state index contributed by atoms with van der Waals surface area (Å²) < 4.78 is 0. The summed E-state index contributed by atoms with van der Waals surface area (Å²) in [4.78, 5) is 2.72. The minimum atomic E-state index is 0.447. The lowest BCUT2D eigenvalue weighted by molar-refractivity contribution is 0.0861. The van der Waals surface area contributed by atoms with Crippen LogP contribution < -0.4 is 5.32 Å². The molecule has 1 unspecified atom stereocenters. The van der Waals surface area contributed by atoms with Crippen LogP contribution in [0.5, 0.6) is 0 Å². The highest BCUT2D eigenvalue weighted by molar-refractivity contribution is 4.96. The maximum atomic E-state index is 3.80. The number of piperidine rings is 1. The lowest BCUT2D eigenvalue weighted by atomic mass is 9.82. The molecule has 2 heterocycles. The largest absolute Gasteiger partial charge is 0.310 e. The van der Waals surface area contributed by atoms with Crippen molar-refractivity contribution >= 4 is 0 Å². The van der Waals surface area contributed by atoms with Gasteiger partial charge in [-0.2, -0.15) is 0 Å². The molecule has 2 heteroatoms. The second kappa shape index (κ2) is 5.27. The van der Waals surface area contributed by atoms with Crippen molar-refractivity contribution in [1.29, 1.82) is 0 Å². The van der Waals surface area contributed by atoms with Gasteiger partial charge in [0.05, 0.1) is 0 Å². The Labute approximate surface area is 107 Å². The Morgan fingerprint density at radius 3 is 2.59 bits per heavy atom. The summed E-state index contributed by atoms with van der Waals surface area (Å²) >= 11 is 0. The van der Waals surface area contributed by atoms with Crippen molar-refractivity contribution in [3.8, 4) is 0 Å². The van der Waals surface area contributed by atoms with Crippen molar-refractivity contribution in [2.75, 3.05) is 26.2 Å². The van der Waals surface area contributed by atoms with E-state index in [1.165, 1.54) is 64.7 Å². The van der Waals surface area contributed by atoms with Crippen LogP contribution in [0.15, 0.2) is 0 Å². The summed E-state index contributed by atoms with van der Waals surface area (Å²) in [6.07, 6.45) is 8.20. The molecular weight excluding hydrogens is 208 g/mol. The zero-order valence-electron chi connectivity index (χ0n) is 12.0.